The predicted octanol–water partition coefficient (Wildman–Crippen LogP) is -0.703. The van der Waals surface area contributed by atoms with Crippen LogP contribution >= 0.6 is 0 Å². The van der Waals surface area contributed by atoms with Gasteiger partial charge in [-0.15, -0.1) is 4.74 Å². The highest BCUT2D eigenvalue weighted by Gasteiger charge is 2.36. The number of hydrogen-bond acceptors (Lipinski definition) is 8. The number of nitrogens with zero attached hydrogens (tertiary/aromatic N) is 1. The fraction of sp³-hybridized carbons (Fsp3) is 0.333. The Morgan fingerprint density at radius 3 is 2.86 bits per heavy atom. The smallest absolute Gasteiger partial charge is 0.467 e. The first-order valence-corrected chi connectivity index (χ1v) is 6.38. The number of carbonyl (C=O) groups is 1. The van der Waals surface area contributed by atoms with Gasteiger partial charge >= 0.3 is 12.7 Å². The summed E-state index contributed by atoms with van der Waals surface area (Å²) >= 11 is 0. The average molecular weight is 312 g/mol. The van der Waals surface area contributed by atoms with Crippen molar-refractivity contribution in [3.8, 4) is 17.2 Å². The second-order valence-corrected chi connectivity index (χ2v) is 4.58. The molecule has 1 amide bonds. The molecule has 0 fully saturated rings. The molecule has 0 aliphatic carbocycles. The van der Waals surface area contributed by atoms with Crippen molar-refractivity contribution < 1.29 is 38.4 Å². The molecule has 22 heavy (non-hydrogen) atoms. The van der Waals surface area contributed by atoms with Gasteiger partial charge in [0.25, 0.3) is 0 Å². The number of carbonyl (C=O) groups excluding carboxylic acids is 1. The summed E-state index contributed by atoms with van der Waals surface area (Å²) in [6.07, 6.45) is 0. The molecule has 0 aromatic heterocycles. The number of ether oxygens (including phenoxy) is 3. The minimum Gasteiger partial charge on any atom is -0.665 e. The quantitative estimate of drug-likeness (QED) is 0.183. The van der Waals surface area contributed by atoms with Gasteiger partial charge in [0.1, 0.15) is 24.8 Å². The molecule has 9 nitrogen and oxygen atoms in total. The maximum Gasteiger partial charge on any atom is 0.467 e. The van der Waals surface area contributed by atoms with Gasteiger partial charge < -0.3 is 34.1 Å². The van der Waals surface area contributed by atoms with Gasteiger partial charge in [-0.2, -0.15) is 0 Å². The van der Waals surface area contributed by atoms with Gasteiger partial charge in [-0.25, -0.2) is 4.79 Å². The molecule has 0 bridgehead atoms. The van der Waals surface area contributed by atoms with Gasteiger partial charge in [-0.3, -0.25) is 0 Å². The number of amides is 1. The molecule has 1 aromatic carbocycles. The third kappa shape index (κ3) is 3.30. The summed E-state index contributed by atoms with van der Waals surface area (Å²) in [5, 5.41) is 30.4. The van der Waals surface area contributed by atoms with Crippen LogP contribution < -0.4 is 14.1 Å². The van der Waals surface area contributed by atoms with Crippen molar-refractivity contribution >= 4 is 19.4 Å². The monoisotopic (exact) mass is 312 g/mol. The van der Waals surface area contributed by atoms with Crippen LogP contribution in [0.5, 0.6) is 17.2 Å². The Kier molecular flexibility index (Phi) is 4.55. The van der Waals surface area contributed by atoms with Gasteiger partial charge in [0.2, 0.25) is 0 Å². The Labute approximate surface area is 125 Å². The lowest BCUT2D eigenvalue weighted by Gasteiger charge is -2.37. The van der Waals surface area contributed by atoms with Crippen molar-refractivity contribution in [1.82, 2.24) is 0 Å². The van der Waals surface area contributed by atoms with Crippen LogP contribution in [-0.4, -0.2) is 61.0 Å². The van der Waals surface area contributed by atoms with E-state index in [0.29, 0.717) is 0 Å². The van der Waals surface area contributed by atoms with E-state index in [0.717, 1.165) is 0 Å². The fourth-order valence-corrected chi connectivity index (χ4v) is 1.88. The van der Waals surface area contributed by atoms with Crippen molar-refractivity contribution in [2.24, 2.45) is 0 Å². The molecule has 2 N–H and O–H groups in total. The zero-order valence-corrected chi connectivity index (χ0v) is 11.9. The number of hydroxylamine groups is 1. The lowest BCUT2D eigenvalue weighted by molar-refractivity contribution is -0.342. The first-order chi connectivity index (χ1) is 10.4. The molecule has 1 aliphatic rings. The standard InChI is InChI=1S/C12H15BNO8/c1-14(18)12(15)10-8(20-6-5-19-2)3-4-9-11(10)22-13(16,17)7-21-9/h3-4,16-17H,1,5-7H2,2H3/q-1. The molecule has 0 atom stereocenters. The summed E-state index contributed by atoms with van der Waals surface area (Å²) in [6.45, 7) is -0.450. The first kappa shape index (κ1) is 16.1. The number of benzene rings is 1. The van der Waals surface area contributed by atoms with E-state index in [-0.39, 0.29) is 40.8 Å². The molecule has 0 unspecified atom stereocenters. The van der Waals surface area contributed by atoms with E-state index in [1.807, 2.05) is 0 Å². The largest absolute Gasteiger partial charge is 0.665 e. The van der Waals surface area contributed by atoms with E-state index in [4.69, 9.17) is 18.9 Å². The minimum absolute atomic E-state index is 0.0161. The third-order valence-corrected chi connectivity index (χ3v) is 2.83. The van der Waals surface area contributed by atoms with Crippen molar-refractivity contribution in [2.45, 2.75) is 0 Å². The summed E-state index contributed by atoms with van der Waals surface area (Å²) in [5.41, 5.74) is -0.298. The highest BCUT2D eigenvalue weighted by atomic mass is 16.7. The minimum atomic E-state index is -3.29. The van der Waals surface area contributed by atoms with Gasteiger partial charge in [0.05, 0.1) is 13.1 Å². The van der Waals surface area contributed by atoms with Crippen LogP contribution in [0.25, 0.3) is 0 Å². The first-order valence-electron chi connectivity index (χ1n) is 6.38. The zero-order chi connectivity index (χ0) is 16.3. The van der Waals surface area contributed by atoms with Gasteiger partial charge in [-0.05, 0) is 12.1 Å². The van der Waals surface area contributed by atoms with Crippen molar-refractivity contribution in [1.29, 1.82) is 0 Å². The second-order valence-electron chi connectivity index (χ2n) is 4.58. The molecule has 0 saturated heterocycles. The molecular formula is C12H15BNO8-. The maximum atomic E-state index is 12.0. The Morgan fingerprint density at radius 2 is 2.23 bits per heavy atom. The molecule has 0 radical (unpaired) electrons. The topological polar surface area (TPSA) is 121 Å². The summed E-state index contributed by atoms with van der Waals surface area (Å²) in [4.78, 5) is 12.0. The number of rotatable bonds is 5. The molecule has 2 rings (SSSR count). The van der Waals surface area contributed by atoms with Crippen LogP contribution in [0.2, 0.25) is 0 Å². The lowest BCUT2D eigenvalue weighted by Crippen LogP contribution is -2.51. The van der Waals surface area contributed by atoms with Crippen LogP contribution in [0, 0.1) is 5.21 Å². The molecule has 0 spiro atoms. The van der Waals surface area contributed by atoms with E-state index in [1.54, 1.807) is 0 Å². The Balaban J connectivity index is 2.47. The number of fused-ring (bicyclic) bond motifs is 1. The van der Waals surface area contributed by atoms with Crippen molar-refractivity contribution in [3.05, 3.63) is 22.9 Å². The van der Waals surface area contributed by atoms with E-state index >= 15 is 0 Å². The summed E-state index contributed by atoms with van der Waals surface area (Å²) < 4.78 is 20.1. The highest BCUT2D eigenvalue weighted by molar-refractivity contribution is 6.58. The number of hydrogen-bond donors (Lipinski definition) is 2. The molecule has 0 saturated carbocycles. The van der Waals surface area contributed by atoms with Crippen LogP contribution in [0.4, 0.5) is 0 Å². The van der Waals surface area contributed by atoms with Crippen molar-refractivity contribution in [2.75, 3.05) is 26.8 Å². The van der Waals surface area contributed by atoms with Crippen LogP contribution in [0.1, 0.15) is 10.4 Å². The van der Waals surface area contributed by atoms with Gasteiger partial charge in [-0.1, -0.05) is 0 Å². The Bertz CT molecular complexity index is 603. The summed E-state index contributed by atoms with van der Waals surface area (Å²) in [5.74, 6) is -1.24. The average Bonchev–Trinajstić information content (AvgIpc) is 2.45. The van der Waals surface area contributed by atoms with Crippen molar-refractivity contribution in [3.63, 3.8) is 0 Å². The SMILES string of the molecule is C=[N+]([O-])C(=O)c1c(OCCOC)ccc2c1O[B-](O)(O)CO2. The maximum absolute atomic E-state index is 12.0. The van der Waals surface area contributed by atoms with E-state index in [9.17, 15) is 20.0 Å². The fourth-order valence-electron chi connectivity index (χ4n) is 1.88. The Morgan fingerprint density at radius 1 is 1.50 bits per heavy atom. The molecule has 1 aliphatic heterocycles. The molecule has 1 heterocycles. The molecule has 120 valence electrons. The van der Waals surface area contributed by atoms with Gasteiger partial charge in [0.15, 0.2) is 11.3 Å². The highest BCUT2D eigenvalue weighted by Crippen LogP contribution is 2.41. The van der Waals surface area contributed by atoms with Crippen LogP contribution in [-0.2, 0) is 4.74 Å². The predicted molar refractivity (Wildman–Crippen MR) is 75.2 cm³/mol. The molecule has 1 aromatic rings. The molecule has 10 heteroatoms. The second kappa shape index (κ2) is 6.22. The normalized spacial score (nSPS) is 15.2. The number of methoxy groups -OCH3 is 1. The lowest BCUT2D eigenvalue weighted by atomic mass is 9.80. The third-order valence-electron chi connectivity index (χ3n) is 2.83. The Hall–Kier alpha value is -2.30. The zero-order valence-electron chi connectivity index (χ0n) is 11.9. The van der Waals surface area contributed by atoms with E-state index in [1.165, 1.54) is 19.2 Å². The van der Waals surface area contributed by atoms with Gasteiger partial charge in [0, 0.05) is 7.11 Å². The van der Waals surface area contributed by atoms with Crippen LogP contribution in [0.3, 0.4) is 0 Å². The van der Waals surface area contributed by atoms with Crippen LogP contribution in [0.15, 0.2) is 12.1 Å². The molecular weight excluding hydrogens is 297 g/mol. The van der Waals surface area contributed by atoms with E-state index in [2.05, 4.69) is 6.72 Å². The van der Waals surface area contributed by atoms with E-state index < -0.39 is 19.2 Å². The summed E-state index contributed by atoms with van der Waals surface area (Å²) in [6, 6.07) is 2.83. The summed E-state index contributed by atoms with van der Waals surface area (Å²) in [7, 11) is 1.48.